The van der Waals surface area contributed by atoms with Gasteiger partial charge in [-0.05, 0) is 34.2 Å². The van der Waals surface area contributed by atoms with Crippen LogP contribution < -0.4 is 19.9 Å². The van der Waals surface area contributed by atoms with Gasteiger partial charge in [-0.1, -0.05) is 18.2 Å². The maximum Gasteiger partial charge on any atom is 0.441 e. The highest BCUT2D eigenvalue weighted by atomic mass is 16.5. The molecular weight excluding hydrogens is 360 g/mol. The Morgan fingerprint density at radius 1 is 1.04 bits per heavy atom. The second-order valence-electron chi connectivity index (χ2n) is 6.48. The predicted molar refractivity (Wildman–Crippen MR) is 102 cm³/mol. The van der Waals surface area contributed by atoms with E-state index in [0.717, 1.165) is 5.69 Å². The second kappa shape index (κ2) is 7.59. The Bertz CT molecular complexity index is 1000. The first-order chi connectivity index (χ1) is 13.7. The van der Waals surface area contributed by atoms with Crippen molar-refractivity contribution in [1.82, 2.24) is 10.2 Å². The van der Waals surface area contributed by atoms with Crippen molar-refractivity contribution < 1.29 is 18.7 Å². The lowest BCUT2D eigenvalue weighted by molar-refractivity contribution is -0.672. The summed E-state index contributed by atoms with van der Waals surface area (Å²) in [5, 5.41) is 2.51. The zero-order chi connectivity index (χ0) is 19.5. The zero-order valence-electron chi connectivity index (χ0n) is 15.5. The molecule has 8 heteroatoms. The van der Waals surface area contributed by atoms with Gasteiger partial charge in [-0.25, -0.2) is 4.79 Å². The van der Waals surface area contributed by atoms with Crippen LogP contribution in [0.3, 0.4) is 0 Å². The summed E-state index contributed by atoms with van der Waals surface area (Å²) >= 11 is 0. The van der Waals surface area contributed by atoms with Crippen molar-refractivity contribution in [3.05, 3.63) is 70.7 Å². The van der Waals surface area contributed by atoms with E-state index in [0.29, 0.717) is 37.6 Å². The summed E-state index contributed by atoms with van der Waals surface area (Å²) < 4.78 is 11.4. The number of aromatic amines is 1. The topological polar surface area (TPSA) is 82.7 Å². The van der Waals surface area contributed by atoms with E-state index in [1.54, 1.807) is 36.3 Å². The molecule has 0 unspecified atom stereocenters. The van der Waals surface area contributed by atoms with Gasteiger partial charge in [0.2, 0.25) is 5.69 Å². The fraction of sp³-hybridized carbons (Fsp3) is 0.250. The number of amides is 1. The Labute approximate surface area is 161 Å². The molecule has 2 heterocycles. The number of carbonyl (C=O) groups excluding carboxylic acids is 1. The molecule has 1 N–H and O–H groups in total. The normalized spacial score (nSPS) is 14.2. The number of hydrogen-bond donors (Lipinski definition) is 1. The number of carbonyl (C=O) groups is 1. The fourth-order valence-electron chi connectivity index (χ4n) is 3.32. The minimum Gasteiger partial charge on any atom is -0.497 e. The molecule has 144 valence electrons. The quantitative estimate of drug-likeness (QED) is 0.687. The van der Waals surface area contributed by atoms with Crippen molar-refractivity contribution in [2.24, 2.45) is 0 Å². The number of benzene rings is 2. The van der Waals surface area contributed by atoms with E-state index >= 15 is 0 Å². The number of piperazine rings is 1. The molecule has 1 aromatic heterocycles. The van der Waals surface area contributed by atoms with Crippen LogP contribution in [0, 0.1) is 0 Å². The summed E-state index contributed by atoms with van der Waals surface area (Å²) in [5.41, 5.74) is 1.01. The Kier molecular flexibility index (Phi) is 4.84. The van der Waals surface area contributed by atoms with E-state index < -0.39 is 5.63 Å². The SMILES string of the molecule is COc1ccc(-[n+]2[nH]oc(=O)c2C(=O)N2CCN(c3ccccc3)CC2)cc1. The molecular formula is C20H21N4O4+. The summed E-state index contributed by atoms with van der Waals surface area (Å²) in [4.78, 5) is 29.1. The van der Waals surface area contributed by atoms with Gasteiger partial charge in [0, 0.05) is 44.0 Å². The van der Waals surface area contributed by atoms with Crippen molar-refractivity contribution >= 4 is 11.6 Å². The van der Waals surface area contributed by atoms with Gasteiger partial charge in [-0.15, -0.1) is 0 Å². The number of rotatable bonds is 4. The van der Waals surface area contributed by atoms with Gasteiger partial charge >= 0.3 is 17.2 Å². The predicted octanol–water partition coefficient (Wildman–Crippen LogP) is 1.22. The van der Waals surface area contributed by atoms with E-state index in [9.17, 15) is 9.59 Å². The molecule has 1 saturated heterocycles. The number of anilines is 1. The summed E-state index contributed by atoms with van der Waals surface area (Å²) in [6.45, 7) is 2.46. The number of aromatic nitrogens is 2. The maximum atomic E-state index is 13.0. The van der Waals surface area contributed by atoms with Gasteiger partial charge in [-0.3, -0.25) is 9.32 Å². The lowest BCUT2D eigenvalue weighted by Crippen LogP contribution is -2.53. The zero-order valence-corrected chi connectivity index (χ0v) is 15.5. The van der Waals surface area contributed by atoms with Gasteiger partial charge in [0.05, 0.1) is 7.11 Å². The number of hydrogen-bond acceptors (Lipinski definition) is 5. The molecule has 0 radical (unpaired) electrons. The molecule has 0 spiro atoms. The standard InChI is InChI=1S/C20H20N4O4/c1-27-17-9-7-16(8-10-17)24-18(20(26)28-21-24)19(25)23-13-11-22(12-14-23)15-5-3-2-4-6-15/h2-10H,11-14H2,1H3/p+1. The van der Waals surface area contributed by atoms with Gasteiger partial charge in [0.1, 0.15) is 5.75 Å². The number of para-hydroxylation sites is 1. The monoisotopic (exact) mass is 381 g/mol. The summed E-state index contributed by atoms with van der Waals surface area (Å²) in [6, 6.07) is 17.1. The molecule has 2 aromatic carbocycles. The van der Waals surface area contributed by atoms with Gasteiger partial charge in [0.15, 0.2) is 0 Å². The van der Waals surface area contributed by atoms with E-state index in [4.69, 9.17) is 9.26 Å². The van der Waals surface area contributed by atoms with Crippen LogP contribution in [0.2, 0.25) is 0 Å². The molecule has 1 aliphatic heterocycles. The summed E-state index contributed by atoms with van der Waals surface area (Å²) in [5.74, 6) is 0.332. The molecule has 1 fully saturated rings. The molecule has 0 saturated carbocycles. The van der Waals surface area contributed by atoms with E-state index in [2.05, 4.69) is 22.3 Å². The Morgan fingerprint density at radius 3 is 2.36 bits per heavy atom. The minimum absolute atomic E-state index is 0.0432. The van der Waals surface area contributed by atoms with Crippen LogP contribution in [0.4, 0.5) is 5.69 Å². The maximum absolute atomic E-state index is 13.0. The molecule has 0 aliphatic carbocycles. The highest BCUT2D eigenvalue weighted by Crippen LogP contribution is 2.16. The third kappa shape index (κ3) is 3.36. The Balaban J connectivity index is 1.53. The van der Waals surface area contributed by atoms with Crippen LogP contribution in [0.25, 0.3) is 5.69 Å². The minimum atomic E-state index is -0.689. The van der Waals surface area contributed by atoms with Crippen LogP contribution in [0.15, 0.2) is 63.9 Å². The smallest absolute Gasteiger partial charge is 0.441 e. The fourth-order valence-corrected chi connectivity index (χ4v) is 3.32. The molecule has 8 nitrogen and oxygen atoms in total. The lowest BCUT2D eigenvalue weighted by atomic mass is 10.2. The highest BCUT2D eigenvalue weighted by Gasteiger charge is 2.35. The summed E-state index contributed by atoms with van der Waals surface area (Å²) in [7, 11) is 1.58. The molecule has 3 aromatic rings. The number of ether oxygens (including phenoxy) is 1. The van der Waals surface area contributed by atoms with Crippen LogP contribution in [0.5, 0.6) is 5.75 Å². The third-order valence-corrected chi connectivity index (χ3v) is 4.87. The van der Waals surface area contributed by atoms with Crippen LogP contribution in [-0.4, -0.2) is 49.4 Å². The van der Waals surface area contributed by atoms with E-state index in [1.807, 2.05) is 18.2 Å². The van der Waals surface area contributed by atoms with Crippen molar-refractivity contribution in [2.75, 3.05) is 38.2 Å². The van der Waals surface area contributed by atoms with Gasteiger partial charge in [0.25, 0.3) is 0 Å². The Hall–Kier alpha value is -3.55. The first-order valence-electron chi connectivity index (χ1n) is 9.04. The number of methoxy groups -OCH3 is 1. The average Bonchev–Trinajstić information content (AvgIpc) is 3.15. The van der Waals surface area contributed by atoms with E-state index in [1.165, 1.54) is 4.68 Å². The average molecular weight is 381 g/mol. The number of nitrogens with zero attached hydrogens (tertiary/aromatic N) is 3. The largest absolute Gasteiger partial charge is 0.497 e. The number of nitrogens with one attached hydrogen (secondary N) is 1. The third-order valence-electron chi connectivity index (χ3n) is 4.87. The van der Waals surface area contributed by atoms with Crippen molar-refractivity contribution in [3.63, 3.8) is 0 Å². The van der Waals surface area contributed by atoms with Crippen molar-refractivity contribution in [3.8, 4) is 11.4 Å². The molecule has 4 rings (SSSR count). The van der Waals surface area contributed by atoms with Crippen molar-refractivity contribution in [2.45, 2.75) is 0 Å². The lowest BCUT2D eigenvalue weighted by Gasteiger charge is -2.35. The molecule has 28 heavy (non-hydrogen) atoms. The number of H-pyrrole nitrogens is 1. The van der Waals surface area contributed by atoms with Crippen LogP contribution in [0.1, 0.15) is 10.5 Å². The van der Waals surface area contributed by atoms with E-state index in [-0.39, 0.29) is 11.6 Å². The van der Waals surface area contributed by atoms with Crippen molar-refractivity contribution in [1.29, 1.82) is 0 Å². The molecule has 1 aliphatic rings. The molecule has 1 amide bonds. The van der Waals surface area contributed by atoms with Gasteiger partial charge in [-0.2, -0.15) is 0 Å². The first-order valence-corrected chi connectivity index (χ1v) is 9.04. The Morgan fingerprint density at radius 2 is 1.71 bits per heavy atom. The van der Waals surface area contributed by atoms with Gasteiger partial charge < -0.3 is 14.5 Å². The molecule has 0 bridgehead atoms. The highest BCUT2D eigenvalue weighted by molar-refractivity contribution is 5.90. The summed E-state index contributed by atoms with van der Waals surface area (Å²) in [6.07, 6.45) is 0. The second-order valence-corrected chi connectivity index (χ2v) is 6.48. The first kappa shape index (κ1) is 17.8. The molecule has 0 atom stereocenters. The van der Waals surface area contributed by atoms with Crippen LogP contribution in [-0.2, 0) is 0 Å². The van der Waals surface area contributed by atoms with Crippen LogP contribution >= 0.6 is 0 Å².